The van der Waals surface area contributed by atoms with Crippen LogP contribution in [0.2, 0.25) is 0 Å². The number of furan rings is 1. The molecule has 1 atom stereocenters. The lowest BCUT2D eigenvalue weighted by atomic mass is 9.78. The first-order valence-corrected chi connectivity index (χ1v) is 7.73. The average Bonchev–Trinajstić information content (AvgIpc) is 3.03. The molecule has 2 N–H and O–H groups in total. The Hall–Kier alpha value is -2.04. The minimum Gasteiger partial charge on any atom is -0.465 e. The van der Waals surface area contributed by atoms with Crippen LogP contribution in [0.25, 0.3) is 0 Å². The first-order valence-electron chi connectivity index (χ1n) is 7.73. The van der Waals surface area contributed by atoms with Crippen LogP contribution < -0.4 is 5.32 Å². The van der Waals surface area contributed by atoms with E-state index < -0.39 is 0 Å². The van der Waals surface area contributed by atoms with Gasteiger partial charge in [0.15, 0.2) is 5.82 Å². The van der Waals surface area contributed by atoms with Gasteiger partial charge in [-0.05, 0) is 25.0 Å². The molecule has 1 saturated carbocycles. The highest BCUT2D eigenvalue weighted by Gasteiger charge is 2.36. The van der Waals surface area contributed by atoms with E-state index in [4.69, 9.17) is 4.42 Å². The lowest BCUT2D eigenvalue weighted by Gasteiger charge is -2.28. The Morgan fingerprint density at radius 1 is 1.38 bits per heavy atom. The molecule has 0 spiro atoms. The van der Waals surface area contributed by atoms with E-state index in [2.05, 4.69) is 22.4 Å². The van der Waals surface area contributed by atoms with Crippen molar-refractivity contribution in [2.75, 3.05) is 5.32 Å². The maximum atomic E-state index is 11.9. The van der Waals surface area contributed by atoms with E-state index in [1.807, 2.05) is 12.1 Å². The standard InChI is InChI=1S/C16H19N3O2/c1-2-10-6-7-12(21-10)11-8-13(20)17-16-14(11)15(18-19-16)9-4-3-5-9/h6-7,9,11H,2-5,8H2,1H3,(H2,17,18,19,20). The van der Waals surface area contributed by atoms with Crippen LogP contribution in [0.4, 0.5) is 5.82 Å². The molecule has 110 valence electrons. The summed E-state index contributed by atoms with van der Waals surface area (Å²) in [5, 5.41) is 10.3. The second-order valence-electron chi connectivity index (χ2n) is 5.99. The molecule has 0 saturated heterocycles. The predicted octanol–water partition coefficient (Wildman–Crippen LogP) is 3.31. The summed E-state index contributed by atoms with van der Waals surface area (Å²) >= 11 is 0. The molecule has 21 heavy (non-hydrogen) atoms. The molecule has 0 bridgehead atoms. The fourth-order valence-electron chi connectivity index (χ4n) is 3.31. The molecule has 3 heterocycles. The molecule has 1 aliphatic carbocycles. The van der Waals surface area contributed by atoms with Gasteiger partial charge in [-0.25, -0.2) is 0 Å². The molecule has 2 aromatic heterocycles. The summed E-state index contributed by atoms with van der Waals surface area (Å²) in [6.45, 7) is 2.07. The van der Waals surface area contributed by atoms with E-state index in [0.717, 1.165) is 23.5 Å². The summed E-state index contributed by atoms with van der Waals surface area (Å²) in [5.74, 6) is 3.08. The molecule has 1 fully saturated rings. The van der Waals surface area contributed by atoms with Gasteiger partial charge in [0, 0.05) is 30.0 Å². The first-order chi connectivity index (χ1) is 10.3. The summed E-state index contributed by atoms with van der Waals surface area (Å²) in [5.41, 5.74) is 2.33. The van der Waals surface area contributed by atoms with Crippen LogP contribution in [0.1, 0.15) is 67.2 Å². The fraction of sp³-hybridized carbons (Fsp3) is 0.500. The Kier molecular flexibility index (Phi) is 2.87. The van der Waals surface area contributed by atoms with Crippen LogP contribution in [0.15, 0.2) is 16.5 Å². The smallest absolute Gasteiger partial charge is 0.226 e. The van der Waals surface area contributed by atoms with Crippen molar-refractivity contribution in [2.45, 2.75) is 50.9 Å². The highest BCUT2D eigenvalue weighted by atomic mass is 16.3. The Morgan fingerprint density at radius 3 is 2.90 bits per heavy atom. The van der Waals surface area contributed by atoms with Crippen LogP contribution in [0.3, 0.4) is 0 Å². The zero-order valence-corrected chi connectivity index (χ0v) is 12.1. The van der Waals surface area contributed by atoms with Gasteiger partial charge in [0.25, 0.3) is 0 Å². The molecule has 1 aliphatic heterocycles. The average molecular weight is 285 g/mol. The maximum absolute atomic E-state index is 11.9. The quantitative estimate of drug-likeness (QED) is 0.909. The van der Waals surface area contributed by atoms with Gasteiger partial charge in [0.05, 0.1) is 5.92 Å². The summed E-state index contributed by atoms with van der Waals surface area (Å²) in [4.78, 5) is 11.9. The van der Waals surface area contributed by atoms with Crippen LogP contribution in [-0.4, -0.2) is 16.1 Å². The van der Waals surface area contributed by atoms with Crippen molar-refractivity contribution in [3.8, 4) is 0 Å². The van der Waals surface area contributed by atoms with Gasteiger partial charge in [-0.3, -0.25) is 9.89 Å². The van der Waals surface area contributed by atoms with Crippen molar-refractivity contribution < 1.29 is 9.21 Å². The molecule has 1 amide bonds. The molecule has 0 radical (unpaired) electrons. The number of carbonyl (C=O) groups is 1. The second-order valence-corrected chi connectivity index (χ2v) is 5.99. The molecule has 2 aromatic rings. The summed E-state index contributed by atoms with van der Waals surface area (Å²) in [6.07, 6.45) is 4.98. The van der Waals surface area contributed by atoms with Crippen molar-refractivity contribution in [1.82, 2.24) is 10.2 Å². The Bertz CT molecular complexity index is 682. The number of rotatable bonds is 3. The van der Waals surface area contributed by atoms with Gasteiger partial charge in [-0.15, -0.1) is 0 Å². The molecule has 5 heteroatoms. The van der Waals surface area contributed by atoms with Crippen LogP contribution in [-0.2, 0) is 11.2 Å². The van der Waals surface area contributed by atoms with E-state index in [9.17, 15) is 4.79 Å². The van der Waals surface area contributed by atoms with Gasteiger partial charge in [-0.1, -0.05) is 13.3 Å². The summed E-state index contributed by atoms with van der Waals surface area (Å²) in [6, 6.07) is 4.01. The molecule has 4 rings (SSSR count). The number of nitrogens with one attached hydrogen (secondary N) is 2. The SMILES string of the molecule is CCc1ccc(C2CC(=O)Nc3n[nH]c(C4CCC4)c32)o1. The van der Waals surface area contributed by atoms with Crippen molar-refractivity contribution in [2.24, 2.45) is 0 Å². The predicted molar refractivity (Wildman–Crippen MR) is 78.4 cm³/mol. The normalized spacial score (nSPS) is 21.8. The number of aromatic nitrogens is 2. The highest BCUT2D eigenvalue weighted by molar-refractivity contribution is 5.94. The van der Waals surface area contributed by atoms with E-state index in [-0.39, 0.29) is 11.8 Å². The lowest BCUT2D eigenvalue weighted by Crippen LogP contribution is -2.24. The number of aryl methyl sites for hydroxylation is 1. The van der Waals surface area contributed by atoms with Crippen molar-refractivity contribution in [3.63, 3.8) is 0 Å². The number of fused-ring (bicyclic) bond motifs is 1. The topological polar surface area (TPSA) is 70.9 Å². The third-order valence-corrected chi connectivity index (χ3v) is 4.72. The molecular formula is C16H19N3O2. The lowest BCUT2D eigenvalue weighted by molar-refractivity contribution is -0.116. The van der Waals surface area contributed by atoms with Gasteiger partial charge >= 0.3 is 0 Å². The number of carbonyl (C=O) groups excluding carboxylic acids is 1. The Morgan fingerprint density at radius 2 is 2.24 bits per heavy atom. The van der Waals surface area contributed by atoms with Gasteiger partial charge in [-0.2, -0.15) is 5.10 Å². The minimum absolute atomic E-state index is 0.00797. The molecular weight excluding hydrogens is 266 g/mol. The third-order valence-electron chi connectivity index (χ3n) is 4.72. The number of anilines is 1. The van der Waals surface area contributed by atoms with E-state index in [1.165, 1.54) is 25.0 Å². The monoisotopic (exact) mass is 285 g/mol. The van der Waals surface area contributed by atoms with Crippen LogP contribution in [0.5, 0.6) is 0 Å². The fourth-order valence-corrected chi connectivity index (χ4v) is 3.31. The summed E-state index contributed by atoms with van der Waals surface area (Å²) in [7, 11) is 0. The Balaban J connectivity index is 1.78. The molecule has 5 nitrogen and oxygen atoms in total. The maximum Gasteiger partial charge on any atom is 0.226 e. The number of amides is 1. The zero-order valence-electron chi connectivity index (χ0n) is 12.1. The Labute approximate surface area is 123 Å². The minimum atomic E-state index is -0.0107. The van der Waals surface area contributed by atoms with Crippen molar-refractivity contribution in [3.05, 3.63) is 34.9 Å². The van der Waals surface area contributed by atoms with E-state index in [0.29, 0.717) is 18.2 Å². The van der Waals surface area contributed by atoms with Crippen molar-refractivity contribution in [1.29, 1.82) is 0 Å². The van der Waals surface area contributed by atoms with Crippen LogP contribution >= 0.6 is 0 Å². The third kappa shape index (κ3) is 1.99. The van der Waals surface area contributed by atoms with Gasteiger partial charge in [0.2, 0.25) is 5.91 Å². The zero-order chi connectivity index (χ0) is 14.4. The molecule has 2 aliphatic rings. The summed E-state index contributed by atoms with van der Waals surface area (Å²) < 4.78 is 5.91. The van der Waals surface area contributed by atoms with E-state index >= 15 is 0 Å². The van der Waals surface area contributed by atoms with Crippen LogP contribution in [0, 0.1) is 0 Å². The number of hydrogen-bond donors (Lipinski definition) is 2. The number of aromatic amines is 1. The first kappa shape index (κ1) is 12.7. The molecule has 0 aromatic carbocycles. The van der Waals surface area contributed by atoms with Crippen molar-refractivity contribution >= 4 is 11.7 Å². The van der Waals surface area contributed by atoms with Gasteiger partial charge in [0.1, 0.15) is 11.5 Å². The van der Waals surface area contributed by atoms with E-state index in [1.54, 1.807) is 0 Å². The number of H-pyrrole nitrogens is 1. The number of hydrogen-bond acceptors (Lipinski definition) is 3. The van der Waals surface area contributed by atoms with Gasteiger partial charge < -0.3 is 9.73 Å². The second kappa shape index (κ2) is 4.76. The highest BCUT2D eigenvalue weighted by Crippen LogP contribution is 2.45. The molecule has 1 unspecified atom stereocenters. The number of nitrogens with zero attached hydrogens (tertiary/aromatic N) is 1. The largest absolute Gasteiger partial charge is 0.465 e.